The molecule has 4 nitrogen and oxygen atoms in total. The molecule has 306 valence electrons. The average molecular weight is 731 g/mol. The van der Waals surface area contributed by atoms with E-state index in [1.54, 1.807) is 0 Å². The summed E-state index contributed by atoms with van der Waals surface area (Å²) in [5.41, 5.74) is 0. The second kappa shape index (κ2) is 45.8. The van der Waals surface area contributed by atoms with Gasteiger partial charge < -0.3 is 14.6 Å². The molecule has 1 unspecified atom stereocenters. The molecule has 0 heterocycles. The van der Waals surface area contributed by atoms with Crippen LogP contribution in [0.3, 0.4) is 0 Å². The molecule has 0 amide bonds. The maximum absolute atomic E-state index is 12.2. The number of esters is 1. The average Bonchev–Trinajstić information content (AvgIpc) is 3.15. The normalized spacial score (nSPS) is 12.6. The van der Waals surface area contributed by atoms with Gasteiger partial charge in [-0.2, -0.15) is 0 Å². The Kier molecular flexibility index (Phi) is 44.5. The lowest BCUT2D eigenvalue weighted by molar-refractivity contribution is -0.154. The van der Waals surface area contributed by atoms with Gasteiger partial charge in [0, 0.05) is 13.0 Å². The van der Waals surface area contributed by atoms with Crippen molar-refractivity contribution in [1.29, 1.82) is 0 Å². The van der Waals surface area contributed by atoms with Crippen LogP contribution < -0.4 is 0 Å². The lowest BCUT2D eigenvalue weighted by atomic mass is 10.0. The second-order valence-electron chi connectivity index (χ2n) is 15.5. The molecule has 0 aromatic carbocycles. The number of aliphatic hydroxyl groups excluding tert-OH is 1. The van der Waals surface area contributed by atoms with Crippen molar-refractivity contribution in [2.75, 3.05) is 19.8 Å². The van der Waals surface area contributed by atoms with Crippen LogP contribution in [0.15, 0.2) is 36.5 Å². The molecular weight excluding hydrogens is 641 g/mol. The number of hydrogen-bond donors (Lipinski definition) is 1. The van der Waals surface area contributed by atoms with Crippen LogP contribution in [0.4, 0.5) is 0 Å². The van der Waals surface area contributed by atoms with Gasteiger partial charge >= 0.3 is 5.97 Å². The molecule has 0 saturated carbocycles. The van der Waals surface area contributed by atoms with Crippen LogP contribution in [0.25, 0.3) is 0 Å². The first-order valence-electron chi connectivity index (χ1n) is 23.1. The molecule has 0 rings (SSSR count). The van der Waals surface area contributed by atoms with E-state index in [4.69, 9.17) is 9.47 Å². The number of carbonyl (C=O) groups is 1. The summed E-state index contributed by atoms with van der Waals surface area (Å²) in [6.45, 7) is 5.31. The Balaban J connectivity index is 3.39. The van der Waals surface area contributed by atoms with Gasteiger partial charge in [-0.25, -0.2) is 0 Å². The lowest BCUT2D eigenvalue weighted by Crippen LogP contribution is -2.27. The third-order valence-corrected chi connectivity index (χ3v) is 10.2. The summed E-state index contributed by atoms with van der Waals surface area (Å²) in [5.74, 6) is -0.202. The topological polar surface area (TPSA) is 55.8 Å². The Morgan fingerprint density at radius 2 is 0.827 bits per heavy atom. The Bertz CT molecular complexity index is 772. The Morgan fingerprint density at radius 3 is 1.27 bits per heavy atom. The molecule has 0 spiro atoms. The minimum absolute atomic E-state index is 0.174. The molecule has 0 aliphatic heterocycles. The number of rotatable bonds is 43. The van der Waals surface area contributed by atoms with Crippen molar-refractivity contribution in [2.24, 2.45) is 0 Å². The van der Waals surface area contributed by atoms with Gasteiger partial charge in [0.15, 0.2) is 0 Å². The van der Waals surface area contributed by atoms with E-state index in [0.717, 1.165) is 25.7 Å². The van der Waals surface area contributed by atoms with Crippen LogP contribution in [0.5, 0.6) is 0 Å². The summed E-state index contributed by atoms with van der Waals surface area (Å²) in [7, 11) is 0. The number of aliphatic hydroxyl groups is 1. The molecule has 0 fully saturated rings. The molecule has 0 aromatic rings. The monoisotopic (exact) mass is 731 g/mol. The second-order valence-corrected chi connectivity index (χ2v) is 15.5. The summed E-state index contributed by atoms with van der Waals surface area (Å²) in [6, 6.07) is 0. The first-order chi connectivity index (χ1) is 25.7. The SMILES string of the molecule is CCCC/C=C\C/C=C\CCCCCCCCOCC(CO)OC(=O)CCCCCCCCCCCCCCC/C=C\CCCCCCCCCC. The van der Waals surface area contributed by atoms with E-state index in [9.17, 15) is 9.90 Å². The van der Waals surface area contributed by atoms with Crippen molar-refractivity contribution in [1.82, 2.24) is 0 Å². The summed E-state index contributed by atoms with van der Waals surface area (Å²) in [4.78, 5) is 12.2. The third-order valence-electron chi connectivity index (χ3n) is 10.2. The van der Waals surface area contributed by atoms with Crippen molar-refractivity contribution in [2.45, 2.75) is 245 Å². The molecule has 0 radical (unpaired) electrons. The fraction of sp³-hybridized carbons (Fsp3) is 0.854. The van der Waals surface area contributed by atoms with E-state index in [0.29, 0.717) is 19.6 Å². The first-order valence-corrected chi connectivity index (χ1v) is 23.1. The zero-order chi connectivity index (χ0) is 37.7. The standard InChI is InChI=1S/C48H90O4/c1-3-5-7-9-11-13-15-17-19-20-21-22-23-24-25-26-27-28-29-31-33-35-37-39-41-43-48(50)52-47(45-49)46-51-44-42-40-38-36-34-32-30-18-16-14-12-10-8-6-4-2/h10,12,16,18,20-21,47,49H,3-9,11,13-15,17,19,22-46H2,1-2H3/b12-10-,18-16-,21-20-. The van der Waals surface area contributed by atoms with Gasteiger partial charge in [0.1, 0.15) is 6.10 Å². The highest BCUT2D eigenvalue weighted by molar-refractivity contribution is 5.69. The minimum Gasteiger partial charge on any atom is -0.457 e. The zero-order valence-electron chi connectivity index (χ0n) is 35.1. The Labute approximate surface area is 325 Å². The zero-order valence-corrected chi connectivity index (χ0v) is 35.1. The molecule has 0 aliphatic carbocycles. The highest BCUT2D eigenvalue weighted by Crippen LogP contribution is 2.15. The van der Waals surface area contributed by atoms with E-state index in [2.05, 4.69) is 50.3 Å². The summed E-state index contributed by atoms with van der Waals surface area (Å²) in [6.07, 6.45) is 57.9. The molecule has 1 atom stereocenters. The molecule has 0 aliphatic rings. The Hall–Kier alpha value is -1.39. The third kappa shape index (κ3) is 43.0. The van der Waals surface area contributed by atoms with Gasteiger partial charge in [0.05, 0.1) is 13.2 Å². The number of ether oxygens (including phenoxy) is 2. The molecular formula is C48H90O4. The molecule has 0 aromatic heterocycles. The summed E-state index contributed by atoms with van der Waals surface area (Å²) < 4.78 is 11.2. The maximum Gasteiger partial charge on any atom is 0.306 e. The minimum atomic E-state index is -0.538. The van der Waals surface area contributed by atoms with Gasteiger partial charge in [0.25, 0.3) is 0 Å². The van der Waals surface area contributed by atoms with E-state index >= 15 is 0 Å². The number of allylic oxidation sites excluding steroid dienone is 6. The van der Waals surface area contributed by atoms with Crippen molar-refractivity contribution in [3.05, 3.63) is 36.5 Å². The largest absolute Gasteiger partial charge is 0.457 e. The smallest absolute Gasteiger partial charge is 0.306 e. The van der Waals surface area contributed by atoms with Gasteiger partial charge in [-0.05, 0) is 64.2 Å². The molecule has 1 N–H and O–H groups in total. The fourth-order valence-corrected chi connectivity index (χ4v) is 6.69. The first kappa shape index (κ1) is 50.6. The number of carbonyl (C=O) groups excluding carboxylic acids is 1. The quantitative estimate of drug-likeness (QED) is 0.0385. The van der Waals surface area contributed by atoms with Gasteiger partial charge in [-0.3, -0.25) is 4.79 Å². The van der Waals surface area contributed by atoms with E-state index < -0.39 is 6.10 Å². The molecule has 0 saturated heterocycles. The van der Waals surface area contributed by atoms with Crippen molar-refractivity contribution >= 4 is 5.97 Å². The van der Waals surface area contributed by atoms with Crippen molar-refractivity contribution in [3.8, 4) is 0 Å². The predicted octanol–water partition coefficient (Wildman–Crippen LogP) is 15.3. The number of unbranched alkanes of at least 4 members (excludes halogenated alkanes) is 29. The van der Waals surface area contributed by atoms with E-state index in [1.807, 2.05) is 0 Å². The lowest BCUT2D eigenvalue weighted by Gasteiger charge is -2.15. The number of hydrogen-bond acceptors (Lipinski definition) is 4. The van der Waals surface area contributed by atoms with Crippen LogP contribution in [0.1, 0.15) is 239 Å². The van der Waals surface area contributed by atoms with Crippen LogP contribution in [0.2, 0.25) is 0 Å². The predicted molar refractivity (Wildman–Crippen MR) is 228 cm³/mol. The highest BCUT2D eigenvalue weighted by Gasteiger charge is 2.13. The highest BCUT2D eigenvalue weighted by atomic mass is 16.6. The summed E-state index contributed by atoms with van der Waals surface area (Å²) >= 11 is 0. The fourth-order valence-electron chi connectivity index (χ4n) is 6.69. The van der Waals surface area contributed by atoms with Gasteiger partial charge in [-0.1, -0.05) is 204 Å². The van der Waals surface area contributed by atoms with Gasteiger partial charge in [0.2, 0.25) is 0 Å². The van der Waals surface area contributed by atoms with Crippen LogP contribution >= 0.6 is 0 Å². The molecule has 4 heteroatoms. The van der Waals surface area contributed by atoms with Crippen LogP contribution in [-0.2, 0) is 14.3 Å². The van der Waals surface area contributed by atoms with E-state index in [1.165, 1.54) is 193 Å². The summed E-state index contributed by atoms with van der Waals surface area (Å²) in [5, 5.41) is 9.61. The van der Waals surface area contributed by atoms with Crippen molar-refractivity contribution in [3.63, 3.8) is 0 Å². The molecule has 0 bridgehead atoms. The Morgan fingerprint density at radius 1 is 0.462 bits per heavy atom. The van der Waals surface area contributed by atoms with E-state index in [-0.39, 0.29) is 12.6 Å². The maximum atomic E-state index is 12.2. The van der Waals surface area contributed by atoms with Gasteiger partial charge in [-0.15, -0.1) is 0 Å². The van der Waals surface area contributed by atoms with Crippen LogP contribution in [0, 0.1) is 0 Å². The van der Waals surface area contributed by atoms with Crippen LogP contribution in [-0.4, -0.2) is 37.0 Å². The van der Waals surface area contributed by atoms with Crippen molar-refractivity contribution < 1.29 is 19.4 Å². The molecule has 52 heavy (non-hydrogen) atoms.